The molecule has 1 unspecified atom stereocenters. The first kappa shape index (κ1) is 11.9. The third kappa shape index (κ3) is 2.87. The van der Waals surface area contributed by atoms with Crippen LogP contribution in [0.1, 0.15) is 23.7 Å². The van der Waals surface area contributed by atoms with Crippen molar-refractivity contribution >= 4 is 21.7 Å². The zero-order chi connectivity index (χ0) is 11.4. The lowest BCUT2D eigenvalue weighted by molar-refractivity contribution is 0.0927. The first-order valence-corrected chi connectivity index (χ1v) is 5.21. The topological polar surface area (TPSA) is 40.9 Å². The number of hydrogen-bond donors (Lipinski definition) is 0. The van der Waals surface area contributed by atoms with Crippen LogP contribution in [-0.2, 0) is 0 Å². The average molecular weight is 270 g/mol. The number of nitriles is 1. The maximum Gasteiger partial charge on any atom is 0.169 e. The minimum Gasteiger partial charge on any atom is -0.294 e. The van der Waals surface area contributed by atoms with Gasteiger partial charge >= 0.3 is 0 Å². The molecule has 0 saturated heterocycles. The molecule has 0 aromatic heterocycles. The van der Waals surface area contributed by atoms with Gasteiger partial charge in [0, 0.05) is 16.8 Å². The van der Waals surface area contributed by atoms with Gasteiger partial charge in [-0.1, -0.05) is 22.9 Å². The number of carbonyl (C=O) groups is 1. The third-order valence-corrected chi connectivity index (χ3v) is 2.53. The summed E-state index contributed by atoms with van der Waals surface area (Å²) in [6.07, 6.45) is 0.102. The Labute approximate surface area is 95.8 Å². The average Bonchev–Trinajstić information content (AvgIpc) is 2.21. The monoisotopic (exact) mass is 269 g/mol. The molecular weight excluding hydrogens is 261 g/mol. The molecular formula is C11H9BrFNO. The third-order valence-electron chi connectivity index (χ3n) is 2.04. The summed E-state index contributed by atoms with van der Waals surface area (Å²) in [6, 6.07) is 6.09. The lowest BCUT2D eigenvalue weighted by Crippen LogP contribution is -2.12. The molecule has 1 aromatic carbocycles. The molecule has 0 N–H and O–H groups in total. The highest BCUT2D eigenvalue weighted by Gasteiger charge is 2.18. The summed E-state index contributed by atoms with van der Waals surface area (Å²) in [5.41, 5.74) is 0.0344. The molecule has 0 aliphatic carbocycles. The van der Waals surface area contributed by atoms with E-state index in [-0.39, 0.29) is 17.8 Å². The van der Waals surface area contributed by atoms with Gasteiger partial charge in [-0.2, -0.15) is 5.26 Å². The van der Waals surface area contributed by atoms with E-state index in [1.165, 1.54) is 18.2 Å². The summed E-state index contributed by atoms with van der Waals surface area (Å²) in [4.78, 5) is 11.7. The van der Waals surface area contributed by atoms with Crippen molar-refractivity contribution in [2.45, 2.75) is 13.3 Å². The molecule has 78 valence electrons. The van der Waals surface area contributed by atoms with E-state index in [4.69, 9.17) is 5.26 Å². The Hall–Kier alpha value is -1.21. The van der Waals surface area contributed by atoms with Crippen LogP contribution in [0.3, 0.4) is 0 Å². The second kappa shape index (κ2) is 5.04. The van der Waals surface area contributed by atoms with Crippen LogP contribution in [0.2, 0.25) is 0 Å². The lowest BCUT2D eigenvalue weighted by atomic mass is 9.97. The van der Waals surface area contributed by atoms with Gasteiger partial charge in [0.2, 0.25) is 0 Å². The smallest absolute Gasteiger partial charge is 0.169 e. The van der Waals surface area contributed by atoms with E-state index in [0.717, 1.165) is 0 Å². The molecule has 1 rings (SSSR count). The molecule has 0 fully saturated rings. The van der Waals surface area contributed by atoms with Gasteiger partial charge in [-0.25, -0.2) is 4.39 Å². The molecule has 0 aliphatic heterocycles. The second-order valence-electron chi connectivity index (χ2n) is 3.25. The Morgan fingerprint density at radius 3 is 2.93 bits per heavy atom. The number of nitrogens with zero attached hydrogens (tertiary/aromatic N) is 1. The molecule has 0 amide bonds. The van der Waals surface area contributed by atoms with Crippen molar-refractivity contribution in [2.75, 3.05) is 0 Å². The van der Waals surface area contributed by atoms with E-state index in [1.54, 1.807) is 6.92 Å². The van der Waals surface area contributed by atoms with Crippen LogP contribution >= 0.6 is 15.9 Å². The van der Waals surface area contributed by atoms with Gasteiger partial charge in [0.1, 0.15) is 5.82 Å². The van der Waals surface area contributed by atoms with Crippen LogP contribution in [0.25, 0.3) is 0 Å². The van der Waals surface area contributed by atoms with Gasteiger partial charge < -0.3 is 0 Å². The molecule has 0 bridgehead atoms. The predicted octanol–water partition coefficient (Wildman–Crippen LogP) is 3.32. The summed E-state index contributed by atoms with van der Waals surface area (Å²) >= 11 is 3.17. The maximum atomic E-state index is 13.3. The van der Waals surface area contributed by atoms with Crippen LogP contribution in [0.15, 0.2) is 22.7 Å². The fourth-order valence-electron chi connectivity index (χ4n) is 1.18. The molecule has 4 heteroatoms. The summed E-state index contributed by atoms with van der Waals surface area (Å²) in [6.45, 7) is 1.62. The van der Waals surface area contributed by atoms with Gasteiger partial charge in [-0.05, 0) is 18.2 Å². The Kier molecular flexibility index (Phi) is 3.98. The number of hydrogen-bond acceptors (Lipinski definition) is 2. The Morgan fingerprint density at radius 1 is 1.67 bits per heavy atom. The van der Waals surface area contributed by atoms with Crippen LogP contribution < -0.4 is 0 Å². The first-order chi connectivity index (χ1) is 7.06. The van der Waals surface area contributed by atoms with Crippen LogP contribution in [-0.4, -0.2) is 5.78 Å². The molecule has 1 aromatic rings. The molecule has 15 heavy (non-hydrogen) atoms. The van der Waals surface area contributed by atoms with E-state index in [2.05, 4.69) is 15.9 Å². The largest absolute Gasteiger partial charge is 0.294 e. The predicted molar refractivity (Wildman–Crippen MR) is 57.8 cm³/mol. The Balaban J connectivity index is 3.01. The standard InChI is InChI=1S/C11H9BrFNO/c1-7(4-5-14)11(15)9-6-8(12)2-3-10(9)13/h2-3,6-7H,4H2,1H3. The maximum absolute atomic E-state index is 13.3. The fourth-order valence-corrected chi connectivity index (χ4v) is 1.54. The van der Waals surface area contributed by atoms with Crippen molar-refractivity contribution in [3.8, 4) is 6.07 Å². The van der Waals surface area contributed by atoms with Crippen molar-refractivity contribution in [3.63, 3.8) is 0 Å². The number of halogens is 2. The lowest BCUT2D eigenvalue weighted by Gasteiger charge is -2.07. The Morgan fingerprint density at radius 2 is 2.33 bits per heavy atom. The zero-order valence-corrected chi connectivity index (χ0v) is 9.71. The molecule has 0 saturated carbocycles. The zero-order valence-electron chi connectivity index (χ0n) is 8.13. The highest BCUT2D eigenvalue weighted by atomic mass is 79.9. The van der Waals surface area contributed by atoms with E-state index in [0.29, 0.717) is 4.47 Å². The van der Waals surface area contributed by atoms with Gasteiger partial charge in [0.15, 0.2) is 5.78 Å². The Bertz CT molecular complexity index is 425. The van der Waals surface area contributed by atoms with Gasteiger partial charge in [0.25, 0.3) is 0 Å². The van der Waals surface area contributed by atoms with Crippen LogP contribution in [0.4, 0.5) is 4.39 Å². The van der Waals surface area contributed by atoms with Crippen molar-refractivity contribution in [1.82, 2.24) is 0 Å². The minimum absolute atomic E-state index is 0.0344. The number of benzene rings is 1. The summed E-state index contributed by atoms with van der Waals surface area (Å²) < 4.78 is 13.9. The summed E-state index contributed by atoms with van der Waals surface area (Å²) in [5.74, 6) is -1.36. The van der Waals surface area contributed by atoms with E-state index >= 15 is 0 Å². The molecule has 1 atom stereocenters. The van der Waals surface area contributed by atoms with Crippen LogP contribution in [0, 0.1) is 23.1 Å². The number of Topliss-reactive ketones (excluding diaryl/α,β-unsaturated/α-hetero) is 1. The number of ketones is 1. The van der Waals surface area contributed by atoms with Crippen molar-refractivity contribution in [1.29, 1.82) is 5.26 Å². The SMILES string of the molecule is CC(CC#N)C(=O)c1cc(Br)ccc1F. The van der Waals surface area contributed by atoms with Crippen molar-refractivity contribution in [3.05, 3.63) is 34.1 Å². The molecule has 0 aliphatic rings. The first-order valence-electron chi connectivity index (χ1n) is 4.42. The molecule has 0 heterocycles. The number of carbonyl (C=O) groups excluding carboxylic acids is 1. The summed E-state index contributed by atoms with van der Waals surface area (Å²) in [5, 5.41) is 8.45. The normalized spacial score (nSPS) is 11.9. The van der Waals surface area contributed by atoms with E-state index < -0.39 is 11.7 Å². The summed E-state index contributed by atoms with van der Waals surface area (Å²) in [7, 11) is 0. The van der Waals surface area contributed by atoms with Gasteiger partial charge in [-0.3, -0.25) is 4.79 Å². The second-order valence-corrected chi connectivity index (χ2v) is 4.17. The highest BCUT2D eigenvalue weighted by Crippen LogP contribution is 2.19. The minimum atomic E-state index is -0.548. The quantitative estimate of drug-likeness (QED) is 0.790. The fraction of sp³-hybridized carbons (Fsp3) is 0.273. The van der Waals surface area contributed by atoms with Crippen molar-refractivity contribution in [2.24, 2.45) is 5.92 Å². The molecule has 2 nitrogen and oxygen atoms in total. The van der Waals surface area contributed by atoms with E-state index in [9.17, 15) is 9.18 Å². The van der Waals surface area contributed by atoms with Crippen LogP contribution in [0.5, 0.6) is 0 Å². The highest BCUT2D eigenvalue weighted by molar-refractivity contribution is 9.10. The van der Waals surface area contributed by atoms with Crippen molar-refractivity contribution < 1.29 is 9.18 Å². The molecule has 0 spiro atoms. The van der Waals surface area contributed by atoms with Gasteiger partial charge in [-0.15, -0.1) is 0 Å². The van der Waals surface area contributed by atoms with Gasteiger partial charge in [0.05, 0.1) is 11.6 Å². The van der Waals surface area contributed by atoms with E-state index in [1.807, 2.05) is 6.07 Å². The molecule has 0 radical (unpaired) electrons. The number of rotatable bonds is 3.